The number of rotatable bonds is 3. The molecule has 1 aromatic carbocycles. The lowest BCUT2D eigenvalue weighted by Gasteiger charge is -2.21. The van der Waals surface area contributed by atoms with Crippen molar-refractivity contribution < 1.29 is 0 Å². The normalized spacial score (nSPS) is 13.3. The highest BCUT2D eigenvalue weighted by Crippen LogP contribution is 2.25. The van der Waals surface area contributed by atoms with Crippen LogP contribution in [0.4, 0.5) is 5.69 Å². The van der Waals surface area contributed by atoms with Crippen molar-refractivity contribution in [3.05, 3.63) is 29.3 Å². The average molecular weight is 214 g/mol. The number of hydrogen-bond acceptors (Lipinski definition) is 2. The van der Waals surface area contributed by atoms with E-state index in [-0.39, 0.29) is 0 Å². The summed E-state index contributed by atoms with van der Waals surface area (Å²) in [6.45, 7) is 4.62. The van der Waals surface area contributed by atoms with Crippen molar-refractivity contribution in [2.75, 3.05) is 18.4 Å². The van der Waals surface area contributed by atoms with Crippen molar-refractivity contribution in [2.45, 2.75) is 26.3 Å². The van der Waals surface area contributed by atoms with Crippen LogP contribution in [0.2, 0.25) is 0 Å². The van der Waals surface area contributed by atoms with Crippen LogP contribution in [0.5, 0.6) is 0 Å². The van der Waals surface area contributed by atoms with Gasteiger partial charge in [-0.3, -0.25) is 0 Å². The molecule has 2 nitrogen and oxygen atoms in total. The summed E-state index contributed by atoms with van der Waals surface area (Å²) in [5, 5.41) is 6.84. The van der Waals surface area contributed by atoms with Crippen LogP contribution in [0.1, 0.15) is 24.5 Å². The highest BCUT2D eigenvalue weighted by molar-refractivity contribution is 5.59. The molecule has 0 fully saturated rings. The SMILES string of the molecule is CC#CCNCc1cccc2c1NCCC2. The van der Waals surface area contributed by atoms with Gasteiger partial charge in [-0.25, -0.2) is 0 Å². The molecule has 0 unspecified atom stereocenters. The summed E-state index contributed by atoms with van der Waals surface area (Å²) in [7, 11) is 0. The summed E-state index contributed by atoms with van der Waals surface area (Å²) in [5.74, 6) is 5.91. The van der Waals surface area contributed by atoms with Crippen LogP contribution in [-0.4, -0.2) is 13.1 Å². The molecule has 0 aliphatic carbocycles. The highest BCUT2D eigenvalue weighted by Gasteiger charge is 2.11. The van der Waals surface area contributed by atoms with Gasteiger partial charge < -0.3 is 10.6 Å². The van der Waals surface area contributed by atoms with E-state index in [0.717, 1.165) is 19.6 Å². The maximum atomic E-state index is 3.50. The molecule has 16 heavy (non-hydrogen) atoms. The van der Waals surface area contributed by atoms with E-state index < -0.39 is 0 Å². The van der Waals surface area contributed by atoms with Crippen LogP contribution < -0.4 is 10.6 Å². The molecule has 0 aromatic heterocycles. The number of hydrogen-bond donors (Lipinski definition) is 2. The Kier molecular flexibility index (Phi) is 3.85. The van der Waals surface area contributed by atoms with Crippen molar-refractivity contribution >= 4 is 5.69 Å². The van der Waals surface area contributed by atoms with Crippen LogP contribution in [0.25, 0.3) is 0 Å². The van der Waals surface area contributed by atoms with Gasteiger partial charge in [0.2, 0.25) is 0 Å². The van der Waals surface area contributed by atoms with Crippen LogP contribution in [0, 0.1) is 11.8 Å². The van der Waals surface area contributed by atoms with E-state index in [1.54, 1.807) is 0 Å². The van der Waals surface area contributed by atoms with Crippen LogP contribution in [-0.2, 0) is 13.0 Å². The van der Waals surface area contributed by atoms with Crippen LogP contribution in [0.3, 0.4) is 0 Å². The summed E-state index contributed by atoms with van der Waals surface area (Å²) in [5.41, 5.74) is 4.15. The van der Waals surface area contributed by atoms with E-state index in [4.69, 9.17) is 0 Å². The lowest BCUT2D eigenvalue weighted by Crippen LogP contribution is -2.18. The van der Waals surface area contributed by atoms with E-state index in [1.165, 1.54) is 29.7 Å². The second-order valence-corrected chi connectivity index (χ2v) is 4.01. The summed E-state index contributed by atoms with van der Waals surface area (Å²) in [6.07, 6.45) is 2.44. The zero-order valence-corrected chi connectivity index (χ0v) is 9.77. The van der Waals surface area contributed by atoms with Gasteiger partial charge in [-0.2, -0.15) is 0 Å². The minimum atomic E-state index is 0.764. The van der Waals surface area contributed by atoms with Crippen molar-refractivity contribution in [2.24, 2.45) is 0 Å². The second-order valence-electron chi connectivity index (χ2n) is 4.01. The summed E-state index contributed by atoms with van der Waals surface area (Å²) in [4.78, 5) is 0. The maximum absolute atomic E-state index is 3.50. The summed E-state index contributed by atoms with van der Waals surface area (Å²) < 4.78 is 0. The van der Waals surface area contributed by atoms with Gasteiger partial charge in [0.15, 0.2) is 0 Å². The Bertz CT molecular complexity index is 412. The molecule has 1 aromatic rings. The van der Waals surface area contributed by atoms with Gasteiger partial charge >= 0.3 is 0 Å². The van der Waals surface area contributed by atoms with Gasteiger partial charge in [-0.15, -0.1) is 5.92 Å². The molecule has 1 heterocycles. The maximum Gasteiger partial charge on any atom is 0.0579 e. The quantitative estimate of drug-likeness (QED) is 0.595. The Balaban J connectivity index is 2.04. The van der Waals surface area contributed by atoms with Crippen molar-refractivity contribution in [1.82, 2.24) is 5.32 Å². The zero-order valence-electron chi connectivity index (χ0n) is 9.77. The Morgan fingerprint density at radius 2 is 2.38 bits per heavy atom. The number of aryl methyl sites for hydroxylation is 1. The van der Waals surface area contributed by atoms with E-state index in [0.29, 0.717) is 0 Å². The fraction of sp³-hybridized carbons (Fsp3) is 0.429. The fourth-order valence-corrected chi connectivity index (χ4v) is 2.08. The zero-order chi connectivity index (χ0) is 11.2. The Morgan fingerprint density at radius 3 is 3.25 bits per heavy atom. The lowest BCUT2D eigenvalue weighted by molar-refractivity contribution is 0.759. The van der Waals surface area contributed by atoms with E-state index >= 15 is 0 Å². The predicted molar refractivity (Wildman–Crippen MR) is 68.4 cm³/mol. The molecule has 0 saturated heterocycles. The number of anilines is 1. The number of benzene rings is 1. The molecule has 2 rings (SSSR count). The average Bonchev–Trinajstić information content (AvgIpc) is 2.35. The van der Waals surface area contributed by atoms with Gasteiger partial charge in [0.05, 0.1) is 6.54 Å². The molecule has 0 spiro atoms. The largest absolute Gasteiger partial charge is 0.385 e. The molecule has 2 heteroatoms. The third kappa shape index (κ3) is 2.56. The van der Waals surface area contributed by atoms with Crippen LogP contribution in [0.15, 0.2) is 18.2 Å². The van der Waals surface area contributed by atoms with Gasteiger partial charge in [0.25, 0.3) is 0 Å². The van der Waals surface area contributed by atoms with Gasteiger partial charge in [-0.1, -0.05) is 24.1 Å². The Hall–Kier alpha value is -1.46. The number of nitrogens with one attached hydrogen (secondary N) is 2. The molecule has 2 N–H and O–H groups in total. The first-order chi connectivity index (χ1) is 7.92. The van der Waals surface area contributed by atoms with E-state index in [9.17, 15) is 0 Å². The molecule has 0 bridgehead atoms. The molecule has 0 saturated carbocycles. The molecule has 0 amide bonds. The minimum absolute atomic E-state index is 0.764. The smallest absolute Gasteiger partial charge is 0.0579 e. The minimum Gasteiger partial charge on any atom is -0.385 e. The lowest BCUT2D eigenvalue weighted by atomic mass is 9.99. The monoisotopic (exact) mass is 214 g/mol. The molecule has 84 valence electrons. The van der Waals surface area contributed by atoms with Gasteiger partial charge in [0.1, 0.15) is 0 Å². The third-order valence-corrected chi connectivity index (χ3v) is 2.87. The van der Waals surface area contributed by atoms with E-state index in [2.05, 4.69) is 40.7 Å². The van der Waals surface area contributed by atoms with Crippen molar-refractivity contribution in [3.63, 3.8) is 0 Å². The first-order valence-corrected chi connectivity index (χ1v) is 5.87. The highest BCUT2D eigenvalue weighted by atomic mass is 14.9. The molecule has 1 aliphatic rings. The first kappa shape index (κ1) is 11.0. The molecule has 0 radical (unpaired) electrons. The number of para-hydroxylation sites is 1. The number of fused-ring (bicyclic) bond motifs is 1. The molecule has 1 aliphatic heterocycles. The molecular formula is C14H18N2. The van der Waals surface area contributed by atoms with Gasteiger partial charge in [0, 0.05) is 18.8 Å². The standard InChI is InChI=1S/C14H18N2/c1-2-3-9-15-11-13-7-4-6-12-8-5-10-16-14(12)13/h4,6-7,15-16H,5,8-11H2,1H3. The fourth-order valence-electron chi connectivity index (χ4n) is 2.08. The van der Waals surface area contributed by atoms with Gasteiger partial charge in [-0.05, 0) is 30.9 Å². The second kappa shape index (κ2) is 5.58. The van der Waals surface area contributed by atoms with Crippen molar-refractivity contribution in [1.29, 1.82) is 0 Å². The summed E-state index contributed by atoms with van der Waals surface area (Å²) in [6, 6.07) is 6.55. The molecular weight excluding hydrogens is 196 g/mol. The topological polar surface area (TPSA) is 24.1 Å². The molecule has 0 atom stereocenters. The van der Waals surface area contributed by atoms with Crippen LogP contribution >= 0.6 is 0 Å². The Morgan fingerprint density at radius 1 is 1.44 bits per heavy atom. The predicted octanol–water partition coefficient (Wildman–Crippen LogP) is 2.16. The van der Waals surface area contributed by atoms with E-state index in [1.807, 2.05) is 6.92 Å². The van der Waals surface area contributed by atoms with Crippen molar-refractivity contribution in [3.8, 4) is 11.8 Å². The Labute approximate surface area is 97.4 Å². The summed E-state index contributed by atoms with van der Waals surface area (Å²) >= 11 is 0. The third-order valence-electron chi connectivity index (χ3n) is 2.87. The first-order valence-electron chi connectivity index (χ1n) is 5.87.